The molecular weight excluding hydrogens is 449 g/mol. The Labute approximate surface area is 193 Å². The van der Waals surface area contributed by atoms with Crippen molar-refractivity contribution >= 4 is 12.1 Å². The van der Waals surface area contributed by atoms with Crippen LogP contribution in [-0.4, -0.2) is 34.8 Å². The highest BCUT2D eigenvalue weighted by Gasteiger charge is 2.35. The number of benzene rings is 2. The van der Waals surface area contributed by atoms with Gasteiger partial charge in [-0.15, -0.1) is 0 Å². The summed E-state index contributed by atoms with van der Waals surface area (Å²) in [5.41, 5.74) is 2.89. The summed E-state index contributed by atoms with van der Waals surface area (Å²) in [6, 6.07) is 16.7. The zero-order valence-electron chi connectivity index (χ0n) is 17.9. The number of rotatable bonds is 7. The quantitative estimate of drug-likeness (QED) is 0.506. The number of carbonyl (C=O) groups is 2. The SMILES string of the molecule is O=C(N[C@H](CCc1cccnc1C(F)(F)F)C(=O)O)OCC1c2ccccc2-c2ccccc21. The van der Waals surface area contributed by atoms with Gasteiger partial charge in [0.25, 0.3) is 0 Å². The van der Waals surface area contributed by atoms with E-state index >= 15 is 0 Å². The fourth-order valence-corrected chi connectivity index (χ4v) is 4.24. The van der Waals surface area contributed by atoms with E-state index in [4.69, 9.17) is 4.74 Å². The molecule has 0 bridgehead atoms. The van der Waals surface area contributed by atoms with Crippen LogP contribution in [0.25, 0.3) is 11.1 Å². The molecule has 1 aromatic heterocycles. The van der Waals surface area contributed by atoms with Crippen LogP contribution in [0.5, 0.6) is 0 Å². The Kier molecular flexibility index (Phi) is 6.54. The molecule has 0 spiro atoms. The second-order valence-corrected chi connectivity index (χ2v) is 7.91. The molecule has 1 amide bonds. The van der Waals surface area contributed by atoms with Crippen LogP contribution in [0.4, 0.5) is 18.0 Å². The van der Waals surface area contributed by atoms with Crippen molar-refractivity contribution < 1.29 is 32.6 Å². The van der Waals surface area contributed by atoms with Gasteiger partial charge in [-0.25, -0.2) is 9.59 Å². The van der Waals surface area contributed by atoms with Crippen LogP contribution in [0.1, 0.15) is 34.7 Å². The number of fused-ring (bicyclic) bond motifs is 3. The number of hydrogen-bond acceptors (Lipinski definition) is 4. The maximum absolute atomic E-state index is 13.1. The minimum absolute atomic E-state index is 0.00692. The first-order chi connectivity index (χ1) is 16.3. The van der Waals surface area contributed by atoms with Gasteiger partial charge in [0, 0.05) is 12.1 Å². The van der Waals surface area contributed by atoms with Gasteiger partial charge in [0.2, 0.25) is 0 Å². The van der Waals surface area contributed by atoms with Gasteiger partial charge in [-0.3, -0.25) is 4.98 Å². The lowest BCUT2D eigenvalue weighted by Crippen LogP contribution is -2.41. The molecule has 0 saturated carbocycles. The average Bonchev–Trinajstić information content (AvgIpc) is 3.13. The van der Waals surface area contributed by atoms with Gasteiger partial charge in [-0.05, 0) is 46.7 Å². The van der Waals surface area contributed by atoms with Crippen molar-refractivity contribution in [3.63, 3.8) is 0 Å². The van der Waals surface area contributed by atoms with E-state index in [1.165, 1.54) is 12.1 Å². The molecular formula is C25H21F3N2O4. The number of carboxylic acids is 1. The highest BCUT2D eigenvalue weighted by atomic mass is 19.4. The fraction of sp³-hybridized carbons (Fsp3) is 0.240. The predicted octanol–water partition coefficient (Wildman–Crippen LogP) is 5.02. The second kappa shape index (κ2) is 9.54. The van der Waals surface area contributed by atoms with Crippen LogP contribution in [0.2, 0.25) is 0 Å². The molecule has 1 aliphatic rings. The summed E-state index contributed by atoms with van der Waals surface area (Å²) in [7, 11) is 0. The van der Waals surface area contributed by atoms with Crippen molar-refractivity contribution in [1.29, 1.82) is 0 Å². The highest BCUT2D eigenvalue weighted by molar-refractivity contribution is 5.81. The molecule has 0 aliphatic heterocycles. The number of nitrogens with zero attached hydrogens (tertiary/aromatic N) is 1. The lowest BCUT2D eigenvalue weighted by molar-refractivity contribution is -0.141. The molecule has 1 heterocycles. The number of aryl methyl sites for hydroxylation is 1. The van der Waals surface area contributed by atoms with Crippen molar-refractivity contribution in [2.24, 2.45) is 0 Å². The Balaban J connectivity index is 1.40. The molecule has 0 radical (unpaired) electrons. The molecule has 0 fully saturated rings. The number of nitrogens with one attached hydrogen (secondary N) is 1. The van der Waals surface area contributed by atoms with Gasteiger partial charge >= 0.3 is 18.2 Å². The minimum atomic E-state index is -4.66. The number of alkyl halides is 3. The van der Waals surface area contributed by atoms with Crippen LogP contribution in [0, 0.1) is 0 Å². The van der Waals surface area contributed by atoms with Crippen LogP contribution in [0.3, 0.4) is 0 Å². The lowest BCUT2D eigenvalue weighted by Gasteiger charge is -2.18. The molecule has 6 nitrogen and oxygen atoms in total. The van der Waals surface area contributed by atoms with Gasteiger partial charge in [-0.2, -0.15) is 13.2 Å². The van der Waals surface area contributed by atoms with Crippen LogP contribution >= 0.6 is 0 Å². The standard InChI is InChI=1S/C25H21F3N2O4/c26-25(27,28)22-15(6-5-13-29-22)11-12-21(23(31)32)30-24(33)34-14-20-18-9-3-1-7-16(18)17-8-2-4-10-19(17)20/h1-10,13,20-21H,11-12,14H2,(H,30,33)(H,31,32)/t21-/m1/s1. The average molecular weight is 470 g/mol. The normalized spacial score (nSPS) is 13.6. The first-order valence-corrected chi connectivity index (χ1v) is 10.6. The first kappa shape index (κ1) is 23.3. The van der Waals surface area contributed by atoms with Gasteiger partial charge in [0.05, 0.1) is 0 Å². The zero-order chi connectivity index (χ0) is 24.3. The third kappa shape index (κ3) is 4.88. The van der Waals surface area contributed by atoms with Gasteiger partial charge in [0.15, 0.2) is 0 Å². The monoisotopic (exact) mass is 470 g/mol. The van der Waals surface area contributed by atoms with E-state index in [9.17, 15) is 27.9 Å². The Morgan fingerprint density at radius 1 is 1.00 bits per heavy atom. The Morgan fingerprint density at radius 2 is 1.62 bits per heavy atom. The molecule has 1 aliphatic carbocycles. The van der Waals surface area contributed by atoms with Crippen molar-refractivity contribution in [2.75, 3.05) is 6.61 Å². The number of aliphatic carboxylic acids is 1. The van der Waals surface area contributed by atoms with E-state index in [-0.39, 0.29) is 30.9 Å². The van der Waals surface area contributed by atoms with E-state index in [1.54, 1.807) is 0 Å². The summed E-state index contributed by atoms with van der Waals surface area (Å²) < 4.78 is 44.7. The van der Waals surface area contributed by atoms with Crippen molar-refractivity contribution in [2.45, 2.75) is 31.0 Å². The predicted molar refractivity (Wildman–Crippen MR) is 117 cm³/mol. The molecule has 4 rings (SSSR count). The number of hydrogen-bond donors (Lipinski definition) is 2. The summed E-state index contributed by atoms with van der Waals surface area (Å²) in [6.07, 6.45) is -5.07. The molecule has 2 aromatic carbocycles. The Bertz CT molecular complexity index is 1170. The van der Waals surface area contributed by atoms with Gasteiger partial charge in [0.1, 0.15) is 18.3 Å². The van der Waals surface area contributed by atoms with E-state index in [0.29, 0.717) is 0 Å². The van der Waals surface area contributed by atoms with Crippen molar-refractivity contribution in [3.8, 4) is 11.1 Å². The maximum Gasteiger partial charge on any atom is 0.433 e. The third-order valence-electron chi connectivity index (χ3n) is 5.80. The molecule has 0 saturated heterocycles. The molecule has 2 N–H and O–H groups in total. The molecule has 0 unspecified atom stereocenters. The van der Waals surface area contributed by atoms with E-state index in [0.717, 1.165) is 28.5 Å². The number of pyridine rings is 1. The maximum atomic E-state index is 13.1. The number of carbonyl (C=O) groups excluding carboxylic acids is 1. The third-order valence-corrected chi connectivity index (χ3v) is 5.80. The Morgan fingerprint density at radius 3 is 2.21 bits per heavy atom. The molecule has 9 heteroatoms. The molecule has 34 heavy (non-hydrogen) atoms. The summed E-state index contributed by atoms with van der Waals surface area (Å²) in [5, 5.41) is 11.7. The van der Waals surface area contributed by atoms with Crippen molar-refractivity contribution in [3.05, 3.63) is 89.2 Å². The smallest absolute Gasteiger partial charge is 0.433 e. The van der Waals surface area contributed by atoms with E-state index < -0.39 is 30.0 Å². The topological polar surface area (TPSA) is 88.5 Å². The lowest BCUT2D eigenvalue weighted by atomic mass is 9.98. The van der Waals surface area contributed by atoms with E-state index in [2.05, 4.69) is 10.3 Å². The molecule has 176 valence electrons. The largest absolute Gasteiger partial charge is 0.480 e. The summed E-state index contributed by atoms with van der Waals surface area (Å²) >= 11 is 0. The molecule has 3 aromatic rings. The number of carboxylic acid groups (broad SMARTS) is 1. The van der Waals surface area contributed by atoms with Gasteiger partial charge in [-0.1, -0.05) is 54.6 Å². The van der Waals surface area contributed by atoms with Crippen molar-refractivity contribution in [1.82, 2.24) is 10.3 Å². The minimum Gasteiger partial charge on any atom is -0.480 e. The number of alkyl carbamates (subject to hydrolysis) is 1. The van der Waals surface area contributed by atoms with Crippen LogP contribution < -0.4 is 5.32 Å². The molecule has 1 atom stereocenters. The van der Waals surface area contributed by atoms with Crippen LogP contribution in [0.15, 0.2) is 66.9 Å². The number of ether oxygens (including phenoxy) is 1. The highest BCUT2D eigenvalue weighted by Crippen LogP contribution is 2.44. The first-order valence-electron chi connectivity index (χ1n) is 10.6. The number of aromatic nitrogens is 1. The summed E-state index contributed by atoms with van der Waals surface area (Å²) in [6.45, 7) is -0.00692. The number of halogens is 3. The van der Waals surface area contributed by atoms with Gasteiger partial charge < -0.3 is 15.2 Å². The second-order valence-electron chi connectivity index (χ2n) is 7.91. The summed E-state index contributed by atoms with van der Waals surface area (Å²) in [5.74, 6) is -1.57. The van der Waals surface area contributed by atoms with Crippen LogP contribution in [-0.2, 0) is 22.1 Å². The fourth-order valence-electron chi connectivity index (χ4n) is 4.24. The Hall–Kier alpha value is -3.88. The summed E-state index contributed by atoms with van der Waals surface area (Å²) in [4.78, 5) is 27.4. The zero-order valence-corrected chi connectivity index (χ0v) is 17.9. The number of amides is 1. The van der Waals surface area contributed by atoms with E-state index in [1.807, 2.05) is 48.5 Å².